The lowest BCUT2D eigenvalue weighted by Crippen LogP contribution is -2.26. The van der Waals surface area contributed by atoms with Crippen LogP contribution in [0.15, 0.2) is 18.2 Å². The second kappa shape index (κ2) is 5.29. The summed E-state index contributed by atoms with van der Waals surface area (Å²) in [6.45, 7) is 1.25. The van der Waals surface area contributed by atoms with Crippen LogP contribution in [0.2, 0.25) is 0 Å². The molecule has 0 heterocycles. The van der Waals surface area contributed by atoms with Crippen LogP contribution in [0.4, 0.5) is 10.1 Å². The van der Waals surface area contributed by atoms with E-state index in [0.29, 0.717) is 0 Å². The highest BCUT2D eigenvalue weighted by molar-refractivity contribution is 6.03. The molecule has 5 nitrogen and oxygen atoms in total. The highest BCUT2D eigenvalue weighted by Crippen LogP contribution is 2.20. The Bertz CT molecular complexity index is 447. The van der Waals surface area contributed by atoms with E-state index in [2.05, 4.69) is 5.32 Å². The van der Waals surface area contributed by atoms with Crippen LogP contribution in [0.5, 0.6) is 5.75 Å². The Labute approximate surface area is 97.2 Å². The Balaban J connectivity index is 2.79. The number of methoxy groups -OCH3 is 1. The van der Waals surface area contributed by atoms with Crippen LogP contribution in [0.1, 0.15) is 6.92 Å². The number of halogens is 1. The number of carboxylic acid groups (broad SMARTS) is 1. The Hall–Kier alpha value is -2.11. The number of nitrogens with one attached hydrogen (secondary N) is 1. The molecule has 92 valence electrons. The number of amides is 1. The third kappa shape index (κ3) is 3.17. The molecular formula is C11H12FNO4. The van der Waals surface area contributed by atoms with E-state index in [1.807, 2.05) is 0 Å². The first kappa shape index (κ1) is 13.0. The van der Waals surface area contributed by atoms with Crippen LogP contribution in [0.25, 0.3) is 0 Å². The van der Waals surface area contributed by atoms with Gasteiger partial charge in [-0.15, -0.1) is 0 Å². The summed E-state index contributed by atoms with van der Waals surface area (Å²) in [5.41, 5.74) is 0.182. The third-order valence-corrected chi connectivity index (χ3v) is 2.18. The van der Waals surface area contributed by atoms with Crippen molar-refractivity contribution in [2.24, 2.45) is 5.92 Å². The summed E-state index contributed by atoms with van der Waals surface area (Å²) < 4.78 is 18.0. The molecule has 0 bridgehead atoms. The molecule has 1 atom stereocenters. The molecule has 0 aromatic heterocycles. The summed E-state index contributed by atoms with van der Waals surface area (Å²) in [6, 6.07) is 3.83. The molecule has 0 saturated heterocycles. The summed E-state index contributed by atoms with van der Waals surface area (Å²) in [7, 11) is 1.32. The summed E-state index contributed by atoms with van der Waals surface area (Å²) >= 11 is 0. The lowest BCUT2D eigenvalue weighted by molar-refractivity contribution is -0.144. The number of carbonyl (C=O) groups excluding carboxylic acids is 1. The number of aliphatic carboxylic acids is 1. The van der Waals surface area contributed by atoms with Gasteiger partial charge in [-0.3, -0.25) is 9.59 Å². The van der Waals surface area contributed by atoms with E-state index >= 15 is 0 Å². The zero-order valence-electron chi connectivity index (χ0n) is 9.36. The van der Waals surface area contributed by atoms with Gasteiger partial charge in [0.05, 0.1) is 7.11 Å². The van der Waals surface area contributed by atoms with Gasteiger partial charge in [-0.1, -0.05) is 0 Å². The van der Waals surface area contributed by atoms with Crippen molar-refractivity contribution in [2.45, 2.75) is 6.92 Å². The van der Waals surface area contributed by atoms with Crippen molar-refractivity contribution in [1.29, 1.82) is 0 Å². The number of carboxylic acids is 1. The van der Waals surface area contributed by atoms with Crippen LogP contribution in [0, 0.1) is 11.7 Å². The first-order valence-corrected chi connectivity index (χ1v) is 4.83. The molecule has 1 unspecified atom stereocenters. The van der Waals surface area contributed by atoms with Crippen LogP contribution in [0.3, 0.4) is 0 Å². The molecule has 1 aromatic rings. The molecule has 0 aliphatic heterocycles. The van der Waals surface area contributed by atoms with Crippen LogP contribution >= 0.6 is 0 Å². The predicted octanol–water partition coefficient (Wildman–Crippen LogP) is 1.49. The Morgan fingerprint density at radius 2 is 2.12 bits per heavy atom. The van der Waals surface area contributed by atoms with Gasteiger partial charge in [-0.05, 0) is 19.1 Å². The molecule has 0 aliphatic carbocycles. The number of hydrogen-bond acceptors (Lipinski definition) is 3. The number of ether oxygens (including phenoxy) is 1. The van der Waals surface area contributed by atoms with Crippen LogP contribution < -0.4 is 10.1 Å². The van der Waals surface area contributed by atoms with E-state index in [-0.39, 0.29) is 11.4 Å². The number of anilines is 1. The fourth-order valence-electron chi connectivity index (χ4n) is 1.11. The average Bonchev–Trinajstić information content (AvgIpc) is 2.28. The monoisotopic (exact) mass is 241 g/mol. The van der Waals surface area contributed by atoms with Gasteiger partial charge in [0.1, 0.15) is 5.92 Å². The molecule has 2 N–H and O–H groups in total. The minimum atomic E-state index is -1.24. The molecule has 0 fully saturated rings. The van der Waals surface area contributed by atoms with E-state index in [4.69, 9.17) is 9.84 Å². The summed E-state index contributed by atoms with van der Waals surface area (Å²) in [4.78, 5) is 21.9. The normalized spacial score (nSPS) is 11.7. The summed E-state index contributed by atoms with van der Waals surface area (Å²) in [5.74, 6) is -3.72. The van der Waals surface area contributed by atoms with Gasteiger partial charge >= 0.3 is 5.97 Å². The van der Waals surface area contributed by atoms with Crippen molar-refractivity contribution >= 4 is 17.6 Å². The van der Waals surface area contributed by atoms with Gasteiger partial charge in [-0.25, -0.2) is 4.39 Å². The molecule has 17 heavy (non-hydrogen) atoms. The second-order valence-electron chi connectivity index (χ2n) is 3.40. The number of benzene rings is 1. The molecule has 0 radical (unpaired) electrons. The van der Waals surface area contributed by atoms with Crippen molar-refractivity contribution < 1.29 is 23.8 Å². The number of carbonyl (C=O) groups is 2. The highest BCUT2D eigenvalue weighted by Gasteiger charge is 2.20. The average molecular weight is 241 g/mol. The van der Waals surface area contributed by atoms with Crippen molar-refractivity contribution in [1.82, 2.24) is 0 Å². The predicted molar refractivity (Wildman–Crippen MR) is 58.4 cm³/mol. The molecule has 0 aliphatic rings. The standard InChI is InChI=1S/C11H12FNO4/c1-6(11(15)16)10(14)13-7-3-4-9(17-2)8(12)5-7/h3-6H,1-2H3,(H,13,14)(H,15,16). The molecule has 1 amide bonds. The maximum atomic E-state index is 13.3. The van der Waals surface area contributed by atoms with Gasteiger partial charge in [0.25, 0.3) is 0 Å². The zero-order valence-corrected chi connectivity index (χ0v) is 9.36. The van der Waals surface area contributed by atoms with Gasteiger partial charge < -0.3 is 15.2 Å². The summed E-state index contributed by atoms with van der Waals surface area (Å²) in [5, 5.41) is 10.9. The lowest BCUT2D eigenvalue weighted by Gasteiger charge is -2.09. The van der Waals surface area contributed by atoms with Crippen LogP contribution in [-0.2, 0) is 9.59 Å². The third-order valence-electron chi connectivity index (χ3n) is 2.18. The maximum absolute atomic E-state index is 13.3. The SMILES string of the molecule is COc1ccc(NC(=O)C(C)C(=O)O)cc1F. The van der Waals surface area contributed by atoms with E-state index in [1.54, 1.807) is 0 Å². The number of hydrogen-bond donors (Lipinski definition) is 2. The fourth-order valence-corrected chi connectivity index (χ4v) is 1.11. The number of rotatable bonds is 4. The van der Waals surface area contributed by atoms with Crippen molar-refractivity contribution in [3.63, 3.8) is 0 Å². The van der Waals surface area contributed by atoms with Gasteiger partial charge in [0, 0.05) is 11.8 Å². The van der Waals surface area contributed by atoms with E-state index in [1.165, 1.54) is 26.2 Å². The van der Waals surface area contributed by atoms with Gasteiger partial charge in [0.15, 0.2) is 11.6 Å². The zero-order chi connectivity index (χ0) is 13.0. The summed E-state index contributed by atoms with van der Waals surface area (Å²) in [6.07, 6.45) is 0. The van der Waals surface area contributed by atoms with Gasteiger partial charge in [0.2, 0.25) is 5.91 Å². The Kier molecular flexibility index (Phi) is 4.03. The largest absolute Gasteiger partial charge is 0.494 e. The van der Waals surface area contributed by atoms with Crippen molar-refractivity contribution in [2.75, 3.05) is 12.4 Å². The minimum absolute atomic E-state index is 0.0503. The van der Waals surface area contributed by atoms with E-state index < -0.39 is 23.6 Å². The molecular weight excluding hydrogens is 229 g/mol. The molecule has 1 rings (SSSR count). The van der Waals surface area contributed by atoms with E-state index in [0.717, 1.165) is 6.07 Å². The van der Waals surface area contributed by atoms with Crippen molar-refractivity contribution in [3.8, 4) is 5.75 Å². The Morgan fingerprint density at radius 3 is 2.59 bits per heavy atom. The molecule has 0 spiro atoms. The first-order valence-electron chi connectivity index (χ1n) is 4.83. The van der Waals surface area contributed by atoms with Crippen molar-refractivity contribution in [3.05, 3.63) is 24.0 Å². The van der Waals surface area contributed by atoms with E-state index in [9.17, 15) is 14.0 Å². The second-order valence-corrected chi connectivity index (χ2v) is 3.40. The highest BCUT2D eigenvalue weighted by atomic mass is 19.1. The minimum Gasteiger partial charge on any atom is -0.494 e. The quantitative estimate of drug-likeness (QED) is 0.783. The molecule has 6 heteroatoms. The first-order chi connectivity index (χ1) is 7.95. The Morgan fingerprint density at radius 1 is 1.47 bits per heavy atom. The smallest absolute Gasteiger partial charge is 0.315 e. The lowest BCUT2D eigenvalue weighted by atomic mass is 10.1. The maximum Gasteiger partial charge on any atom is 0.315 e. The fraction of sp³-hybridized carbons (Fsp3) is 0.273. The van der Waals surface area contributed by atoms with Crippen LogP contribution in [-0.4, -0.2) is 24.1 Å². The topological polar surface area (TPSA) is 75.6 Å². The molecule has 0 saturated carbocycles. The molecule has 1 aromatic carbocycles. The van der Waals surface area contributed by atoms with Gasteiger partial charge in [-0.2, -0.15) is 0 Å².